The van der Waals surface area contributed by atoms with Crippen LogP contribution in [0.2, 0.25) is 0 Å². The molecule has 78 valence electrons. The molecule has 0 bridgehead atoms. The predicted molar refractivity (Wildman–Crippen MR) is 55.6 cm³/mol. The quantitative estimate of drug-likeness (QED) is 0.446. The van der Waals surface area contributed by atoms with Gasteiger partial charge in [0.1, 0.15) is 11.9 Å². The molecular weight excluding hydrogens is 205 g/mol. The number of benzene rings is 1. The lowest BCUT2D eigenvalue weighted by Gasteiger charge is -2.16. The van der Waals surface area contributed by atoms with Crippen molar-refractivity contribution in [2.75, 3.05) is 11.5 Å². The van der Waals surface area contributed by atoms with E-state index in [9.17, 15) is 14.6 Å². The van der Waals surface area contributed by atoms with Crippen LogP contribution in [-0.2, 0) is 0 Å². The molecule has 0 aliphatic rings. The molecule has 0 saturated carbocycles. The number of aliphatic hydroxyl groups is 2. The molecule has 14 heavy (non-hydrogen) atoms. The Labute approximate surface area is 86.8 Å². The number of hydrogen-bond acceptors (Lipinski definition) is 4. The van der Waals surface area contributed by atoms with E-state index in [2.05, 4.69) is 12.6 Å². The van der Waals surface area contributed by atoms with E-state index in [-0.39, 0.29) is 11.4 Å². The summed E-state index contributed by atoms with van der Waals surface area (Å²) in [5.74, 6) is -0.499. The maximum Gasteiger partial charge on any atom is 0.146 e. The average molecular weight is 217 g/mol. The summed E-state index contributed by atoms with van der Waals surface area (Å²) in [6.45, 7) is 0. The molecule has 0 saturated heterocycles. The molecule has 0 fully saturated rings. The van der Waals surface area contributed by atoms with Crippen molar-refractivity contribution >= 4 is 18.3 Å². The van der Waals surface area contributed by atoms with Crippen LogP contribution in [0.1, 0.15) is 11.7 Å². The maximum atomic E-state index is 13.0. The van der Waals surface area contributed by atoms with E-state index in [1.807, 2.05) is 0 Å². The lowest BCUT2D eigenvalue weighted by Crippen LogP contribution is -2.19. The van der Waals surface area contributed by atoms with Crippen LogP contribution >= 0.6 is 12.6 Å². The normalized spacial score (nSPS) is 15.1. The summed E-state index contributed by atoms with van der Waals surface area (Å²) in [7, 11) is 0. The summed E-state index contributed by atoms with van der Waals surface area (Å²) in [4.78, 5) is 0. The molecule has 0 radical (unpaired) electrons. The minimum absolute atomic E-state index is 0.0151. The Bertz CT molecular complexity index is 322. The van der Waals surface area contributed by atoms with Gasteiger partial charge in [-0.2, -0.15) is 12.6 Å². The van der Waals surface area contributed by atoms with Gasteiger partial charge in [0, 0.05) is 5.75 Å². The number of aliphatic hydroxyl groups excluding tert-OH is 2. The van der Waals surface area contributed by atoms with Gasteiger partial charge in [0.05, 0.1) is 11.8 Å². The number of halogens is 1. The lowest BCUT2D eigenvalue weighted by atomic mass is 10.0. The molecule has 3 nitrogen and oxygen atoms in total. The van der Waals surface area contributed by atoms with Crippen LogP contribution in [0.25, 0.3) is 0 Å². The van der Waals surface area contributed by atoms with Crippen LogP contribution in [0.3, 0.4) is 0 Å². The molecule has 0 amide bonds. The Morgan fingerprint density at radius 2 is 2.07 bits per heavy atom. The van der Waals surface area contributed by atoms with Crippen LogP contribution in [0.15, 0.2) is 18.2 Å². The van der Waals surface area contributed by atoms with Gasteiger partial charge in [-0.15, -0.1) is 0 Å². The van der Waals surface area contributed by atoms with E-state index in [0.29, 0.717) is 5.56 Å². The number of rotatable bonds is 3. The monoisotopic (exact) mass is 217 g/mol. The number of nitrogens with two attached hydrogens (primary N) is 1. The van der Waals surface area contributed by atoms with Gasteiger partial charge in [-0.25, -0.2) is 4.39 Å². The van der Waals surface area contributed by atoms with Crippen molar-refractivity contribution in [3.63, 3.8) is 0 Å². The van der Waals surface area contributed by atoms with Gasteiger partial charge in [-0.3, -0.25) is 0 Å². The molecule has 4 N–H and O–H groups in total. The second-order valence-electron chi connectivity index (χ2n) is 2.98. The first-order chi connectivity index (χ1) is 6.56. The SMILES string of the molecule is Nc1ccc(C(O)C(O)CS)cc1F. The van der Waals surface area contributed by atoms with Crippen LogP contribution < -0.4 is 5.73 Å². The van der Waals surface area contributed by atoms with Crippen molar-refractivity contribution in [1.82, 2.24) is 0 Å². The van der Waals surface area contributed by atoms with Gasteiger partial charge in [-0.1, -0.05) is 6.07 Å². The highest BCUT2D eigenvalue weighted by Gasteiger charge is 2.17. The first kappa shape index (κ1) is 11.3. The van der Waals surface area contributed by atoms with Crippen molar-refractivity contribution in [2.24, 2.45) is 0 Å². The highest BCUT2D eigenvalue weighted by molar-refractivity contribution is 7.80. The molecule has 5 heteroatoms. The van der Waals surface area contributed by atoms with Crippen molar-refractivity contribution < 1.29 is 14.6 Å². The van der Waals surface area contributed by atoms with E-state index in [1.54, 1.807) is 0 Å². The lowest BCUT2D eigenvalue weighted by molar-refractivity contribution is 0.0336. The van der Waals surface area contributed by atoms with Gasteiger partial charge < -0.3 is 15.9 Å². The van der Waals surface area contributed by atoms with Crippen molar-refractivity contribution in [3.05, 3.63) is 29.6 Å². The summed E-state index contributed by atoms with van der Waals surface area (Å²) in [6.07, 6.45) is -2.15. The minimum atomic E-state index is -1.14. The van der Waals surface area contributed by atoms with E-state index in [1.165, 1.54) is 12.1 Å². The van der Waals surface area contributed by atoms with Gasteiger partial charge in [0.25, 0.3) is 0 Å². The molecular formula is C9H12FNO2S. The third-order valence-electron chi connectivity index (χ3n) is 1.92. The molecule has 1 aromatic carbocycles. The summed E-state index contributed by atoms with van der Waals surface area (Å²) >= 11 is 3.82. The molecule has 0 aromatic heterocycles. The molecule has 1 aromatic rings. The Hall–Kier alpha value is -0.780. The van der Waals surface area contributed by atoms with Crippen LogP contribution in [0.4, 0.5) is 10.1 Å². The molecule has 0 aliphatic carbocycles. The second-order valence-corrected chi connectivity index (χ2v) is 3.34. The first-order valence-electron chi connectivity index (χ1n) is 4.08. The Kier molecular flexibility index (Phi) is 3.74. The van der Waals surface area contributed by atoms with E-state index >= 15 is 0 Å². The fraction of sp³-hybridized carbons (Fsp3) is 0.333. The standard InChI is InChI=1S/C9H12FNO2S/c10-6-3-5(1-2-7(6)11)9(13)8(12)4-14/h1-3,8-9,12-14H,4,11H2. The highest BCUT2D eigenvalue weighted by atomic mass is 32.1. The molecule has 0 aliphatic heterocycles. The zero-order chi connectivity index (χ0) is 10.7. The number of thiol groups is 1. The minimum Gasteiger partial charge on any atom is -0.396 e. The van der Waals surface area contributed by atoms with Gasteiger partial charge in [-0.05, 0) is 17.7 Å². The number of nitrogen functional groups attached to an aromatic ring is 1. The third kappa shape index (κ3) is 2.37. The summed E-state index contributed by atoms with van der Waals surface area (Å²) < 4.78 is 13.0. The smallest absolute Gasteiger partial charge is 0.146 e. The average Bonchev–Trinajstić information content (AvgIpc) is 2.20. The zero-order valence-corrected chi connectivity index (χ0v) is 8.29. The Morgan fingerprint density at radius 1 is 1.43 bits per heavy atom. The third-order valence-corrected chi connectivity index (χ3v) is 2.29. The van der Waals surface area contributed by atoms with E-state index < -0.39 is 18.0 Å². The summed E-state index contributed by atoms with van der Waals surface area (Å²) in [6, 6.07) is 3.92. The summed E-state index contributed by atoms with van der Waals surface area (Å²) in [5.41, 5.74) is 5.57. The first-order valence-corrected chi connectivity index (χ1v) is 4.71. The van der Waals surface area contributed by atoms with Crippen molar-refractivity contribution in [3.8, 4) is 0 Å². The Balaban J connectivity index is 2.91. The molecule has 2 atom stereocenters. The number of anilines is 1. The van der Waals surface area contributed by atoms with Crippen molar-refractivity contribution in [2.45, 2.75) is 12.2 Å². The van der Waals surface area contributed by atoms with Crippen LogP contribution in [0.5, 0.6) is 0 Å². The largest absolute Gasteiger partial charge is 0.396 e. The topological polar surface area (TPSA) is 66.5 Å². The van der Waals surface area contributed by atoms with Gasteiger partial charge in [0.15, 0.2) is 0 Å². The van der Waals surface area contributed by atoms with Crippen LogP contribution in [-0.4, -0.2) is 22.1 Å². The fourth-order valence-corrected chi connectivity index (χ4v) is 1.25. The highest BCUT2D eigenvalue weighted by Crippen LogP contribution is 2.21. The van der Waals surface area contributed by atoms with Gasteiger partial charge in [0.2, 0.25) is 0 Å². The zero-order valence-electron chi connectivity index (χ0n) is 7.39. The van der Waals surface area contributed by atoms with Crippen LogP contribution in [0, 0.1) is 5.82 Å². The number of hydrogen-bond donors (Lipinski definition) is 4. The molecule has 1 rings (SSSR count). The van der Waals surface area contributed by atoms with E-state index in [0.717, 1.165) is 6.07 Å². The van der Waals surface area contributed by atoms with Gasteiger partial charge >= 0.3 is 0 Å². The maximum absolute atomic E-state index is 13.0. The molecule has 2 unspecified atom stereocenters. The molecule has 0 heterocycles. The summed E-state index contributed by atoms with van der Waals surface area (Å²) in [5, 5.41) is 18.8. The second kappa shape index (κ2) is 4.63. The van der Waals surface area contributed by atoms with E-state index in [4.69, 9.17) is 5.73 Å². The molecule has 0 spiro atoms. The fourth-order valence-electron chi connectivity index (χ4n) is 1.05. The predicted octanol–water partition coefficient (Wildman–Crippen LogP) is 0.732. The Morgan fingerprint density at radius 3 is 2.57 bits per heavy atom. The van der Waals surface area contributed by atoms with Crippen molar-refractivity contribution in [1.29, 1.82) is 0 Å².